The number of aromatic nitrogens is 1. The van der Waals surface area contributed by atoms with Gasteiger partial charge in [-0.1, -0.05) is 17.3 Å². The quantitative estimate of drug-likeness (QED) is 0.854. The van der Waals surface area contributed by atoms with Gasteiger partial charge in [-0.25, -0.2) is 0 Å². The first kappa shape index (κ1) is 11.2. The second-order valence-corrected chi connectivity index (χ2v) is 4.69. The van der Waals surface area contributed by atoms with Crippen LogP contribution in [-0.2, 0) is 11.2 Å². The number of hydrogen-bond acceptors (Lipinski definition) is 4. The number of likely N-dealkylation sites (tertiary alicyclic amines) is 1. The summed E-state index contributed by atoms with van der Waals surface area (Å²) in [5.74, 6) is 0.0713. The van der Waals surface area contributed by atoms with E-state index in [4.69, 9.17) is 10.3 Å². The fraction of sp³-hybridized carbons (Fsp3) is 0.385. The van der Waals surface area contributed by atoms with E-state index in [0.29, 0.717) is 12.2 Å². The van der Waals surface area contributed by atoms with Crippen molar-refractivity contribution >= 4 is 16.9 Å². The summed E-state index contributed by atoms with van der Waals surface area (Å²) >= 11 is 0. The molecule has 1 unspecified atom stereocenters. The molecule has 18 heavy (non-hydrogen) atoms. The third-order valence-electron chi connectivity index (χ3n) is 3.35. The van der Waals surface area contributed by atoms with Crippen LogP contribution < -0.4 is 5.73 Å². The lowest BCUT2D eigenvalue weighted by molar-refractivity contribution is -0.129. The lowest BCUT2D eigenvalue weighted by Crippen LogP contribution is -2.33. The number of para-hydroxylation sites is 1. The van der Waals surface area contributed by atoms with E-state index in [1.807, 2.05) is 24.3 Å². The fourth-order valence-corrected chi connectivity index (χ4v) is 2.33. The number of carbonyl (C=O) groups is 1. The molecule has 1 fully saturated rings. The van der Waals surface area contributed by atoms with Crippen molar-refractivity contribution in [1.82, 2.24) is 10.1 Å². The maximum Gasteiger partial charge on any atom is 0.228 e. The number of benzene rings is 1. The summed E-state index contributed by atoms with van der Waals surface area (Å²) in [6.07, 6.45) is 1.16. The molecule has 1 aromatic heterocycles. The van der Waals surface area contributed by atoms with Crippen molar-refractivity contribution in [3.05, 3.63) is 30.0 Å². The second-order valence-electron chi connectivity index (χ2n) is 4.69. The van der Waals surface area contributed by atoms with Crippen molar-refractivity contribution in [3.63, 3.8) is 0 Å². The van der Waals surface area contributed by atoms with Gasteiger partial charge in [-0.2, -0.15) is 0 Å². The Labute approximate surface area is 105 Å². The number of carbonyl (C=O) groups excluding carboxylic acids is 1. The van der Waals surface area contributed by atoms with Crippen LogP contribution in [0.3, 0.4) is 0 Å². The molecular weight excluding hydrogens is 230 g/mol. The second kappa shape index (κ2) is 4.42. The van der Waals surface area contributed by atoms with Crippen molar-refractivity contribution in [2.24, 2.45) is 5.73 Å². The van der Waals surface area contributed by atoms with Crippen molar-refractivity contribution in [1.29, 1.82) is 0 Å². The molecule has 0 radical (unpaired) electrons. The zero-order valence-electron chi connectivity index (χ0n) is 10.0. The van der Waals surface area contributed by atoms with Crippen LogP contribution in [0.2, 0.25) is 0 Å². The maximum absolute atomic E-state index is 12.1. The lowest BCUT2D eigenvalue weighted by atomic mass is 10.1. The predicted octanol–water partition coefficient (Wildman–Crippen LogP) is 0.930. The average Bonchev–Trinajstić information content (AvgIpc) is 2.97. The lowest BCUT2D eigenvalue weighted by Gasteiger charge is -2.14. The van der Waals surface area contributed by atoms with Crippen molar-refractivity contribution in [2.45, 2.75) is 18.9 Å². The summed E-state index contributed by atoms with van der Waals surface area (Å²) in [5.41, 5.74) is 7.22. The van der Waals surface area contributed by atoms with Gasteiger partial charge in [-0.3, -0.25) is 4.79 Å². The predicted molar refractivity (Wildman–Crippen MR) is 66.9 cm³/mol. The van der Waals surface area contributed by atoms with Gasteiger partial charge in [0.2, 0.25) is 5.91 Å². The van der Waals surface area contributed by atoms with E-state index in [1.165, 1.54) is 0 Å². The van der Waals surface area contributed by atoms with Gasteiger partial charge < -0.3 is 15.2 Å². The molecule has 2 heterocycles. The van der Waals surface area contributed by atoms with Gasteiger partial charge in [0.05, 0.1) is 6.42 Å². The molecule has 5 heteroatoms. The van der Waals surface area contributed by atoms with E-state index in [9.17, 15) is 4.79 Å². The summed E-state index contributed by atoms with van der Waals surface area (Å²) in [5, 5.41) is 4.88. The van der Waals surface area contributed by atoms with E-state index >= 15 is 0 Å². The number of rotatable bonds is 2. The number of amides is 1. The molecule has 1 saturated heterocycles. The van der Waals surface area contributed by atoms with Crippen LogP contribution in [0.4, 0.5) is 0 Å². The summed E-state index contributed by atoms with van der Waals surface area (Å²) in [7, 11) is 0. The molecule has 1 aromatic carbocycles. The van der Waals surface area contributed by atoms with Crippen molar-refractivity contribution in [3.8, 4) is 0 Å². The molecule has 2 N–H and O–H groups in total. The zero-order valence-corrected chi connectivity index (χ0v) is 10.0. The van der Waals surface area contributed by atoms with E-state index in [2.05, 4.69) is 5.16 Å². The van der Waals surface area contributed by atoms with Crippen LogP contribution in [0.1, 0.15) is 12.1 Å². The minimum absolute atomic E-state index is 0.0713. The van der Waals surface area contributed by atoms with Gasteiger partial charge >= 0.3 is 0 Å². The van der Waals surface area contributed by atoms with Crippen LogP contribution in [0.5, 0.6) is 0 Å². The first-order chi connectivity index (χ1) is 8.74. The Morgan fingerprint density at radius 1 is 1.50 bits per heavy atom. The van der Waals surface area contributed by atoms with Crippen LogP contribution in [-0.4, -0.2) is 35.1 Å². The average molecular weight is 245 g/mol. The highest BCUT2D eigenvalue weighted by Crippen LogP contribution is 2.19. The van der Waals surface area contributed by atoms with Gasteiger partial charge in [-0.15, -0.1) is 0 Å². The Morgan fingerprint density at radius 2 is 2.33 bits per heavy atom. The Bertz CT molecular complexity index is 578. The number of nitrogens with two attached hydrogens (primary N) is 1. The highest BCUT2D eigenvalue weighted by Gasteiger charge is 2.24. The van der Waals surface area contributed by atoms with E-state index in [-0.39, 0.29) is 18.4 Å². The monoisotopic (exact) mass is 245 g/mol. The standard InChI is InChI=1S/C13H15N3O2/c14-9-5-6-16(8-9)13(17)7-11-10-3-1-2-4-12(10)18-15-11/h1-4,9H,5-8,14H2. The summed E-state index contributed by atoms with van der Waals surface area (Å²) in [4.78, 5) is 13.9. The molecule has 1 aliphatic rings. The fourth-order valence-electron chi connectivity index (χ4n) is 2.33. The third kappa shape index (κ3) is 1.97. The Kier molecular flexibility index (Phi) is 2.76. The minimum atomic E-state index is 0.0713. The SMILES string of the molecule is NC1CCN(C(=O)Cc2noc3ccccc23)C1. The van der Waals surface area contributed by atoms with Crippen molar-refractivity contribution in [2.75, 3.05) is 13.1 Å². The molecule has 1 aliphatic heterocycles. The van der Waals surface area contributed by atoms with Gasteiger partial charge in [0.25, 0.3) is 0 Å². The molecule has 94 valence electrons. The molecule has 3 rings (SSSR count). The van der Waals surface area contributed by atoms with Gasteiger partial charge in [-0.05, 0) is 18.6 Å². The summed E-state index contributed by atoms with van der Waals surface area (Å²) in [6, 6.07) is 7.69. The first-order valence-electron chi connectivity index (χ1n) is 6.10. The Balaban J connectivity index is 1.78. The van der Waals surface area contributed by atoms with E-state index in [1.54, 1.807) is 4.90 Å². The number of hydrogen-bond donors (Lipinski definition) is 1. The third-order valence-corrected chi connectivity index (χ3v) is 3.35. The highest BCUT2D eigenvalue weighted by atomic mass is 16.5. The van der Waals surface area contributed by atoms with Crippen LogP contribution in [0, 0.1) is 0 Å². The number of fused-ring (bicyclic) bond motifs is 1. The molecule has 0 bridgehead atoms. The maximum atomic E-state index is 12.1. The van der Waals surface area contributed by atoms with E-state index in [0.717, 1.165) is 23.9 Å². The molecule has 0 aliphatic carbocycles. The van der Waals surface area contributed by atoms with Crippen molar-refractivity contribution < 1.29 is 9.32 Å². The Hall–Kier alpha value is -1.88. The normalized spacial score (nSPS) is 19.6. The topological polar surface area (TPSA) is 72.4 Å². The molecule has 1 atom stereocenters. The van der Waals surface area contributed by atoms with Gasteiger partial charge in [0, 0.05) is 24.5 Å². The minimum Gasteiger partial charge on any atom is -0.356 e. The smallest absolute Gasteiger partial charge is 0.228 e. The molecule has 5 nitrogen and oxygen atoms in total. The first-order valence-corrected chi connectivity index (χ1v) is 6.10. The molecule has 0 saturated carbocycles. The van der Waals surface area contributed by atoms with Gasteiger partial charge in [0.1, 0.15) is 5.69 Å². The number of nitrogens with zero attached hydrogens (tertiary/aromatic N) is 2. The van der Waals surface area contributed by atoms with Crippen LogP contribution in [0.15, 0.2) is 28.8 Å². The molecule has 0 spiro atoms. The molecular formula is C13H15N3O2. The molecule has 1 amide bonds. The van der Waals surface area contributed by atoms with Gasteiger partial charge in [0.15, 0.2) is 5.58 Å². The largest absolute Gasteiger partial charge is 0.356 e. The Morgan fingerprint density at radius 3 is 3.11 bits per heavy atom. The zero-order chi connectivity index (χ0) is 12.5. The summed E-state index contributed by atoms with van der Waals surface area (Å²) in [6.45, 7) is 1.39. The van der Waals surface area contributed by atoms with Crippen LogP contribution >= 0.6 is 0 Å². The van der Waals surface area contributed by atoms with E-state index < -0.39 is 0 Å². The molecule has 2 aromatic rings. The van der Waals surface area contributed by atoms with Crippen LogP contribution in [0.25, 0.3) is 11.0 Å². The highest BCUT2D eigenvalue weighted by molar-refractivity contribution is 5.86. The summed E-state index contributed by atoms with van der Waals surface area (Å²) < 4.78 is 5.19.